The third kappa shape index (κ3) is 3.69. The second-order valence-electron chi connectivity index (χ2n) is 6.86. The van der Waals surface area contributed by atoms with Crippen LogP contribution in [0, 0.1) is 11.8 Å². The summed E-state index contributed by atoms with van der Waals surface area (Å²) in [6, 6.07) is 0. The van der Waals surface area contributed by atoms with Crippen molar-refractivity contribution >= 4 is 5.91 Å². The molecule has 2 N–H and O–H groups in total. The van der Waals surface area contributed by atoms with Crippen molar-refractivity contribution in [1.82, 2.24) is 4.90 Å². The van der Waals surface area contributed by atoms with Crippen LogP contribution in [0.3, 0.4) is 0 Å². The Kier molecular flexibility index (Phi) is 4.51. The number of nitrogens with two attached hydrogens (primary N) is 1. The zero-order valence-corrected chi connectivity index (χ0v) is 12.5. The molecule has 0 spiro atoms. The molecule has 4 nitrogen and oxygen atoms in total. The average Bonchev–Trinajstić information content (AvgIpc) is 2.35. The first kappa shape index (κ1) is 14.8. The van der Waals surface area contributed by atoms with Gasteiger partial charge in [0.15, 0.2) is 0 Å². The van der Waals surface area contributed by atoms with E-state index < -0.39 is 0 Å². The highest BCUT2D eigenvalue weighted by Crippen LogP contribution is 2.31. The van der Waals surface area contributed by atoms with E-state index >= 15 is 0 Å². The van der Waals surface area contributed by atoms with Crippen LogP contribution in [0.25, 0.3) is 0 Å². The highest BCUT2D eigenvalue weighted by Gasteiger charge is 2.37. The number of amides is 1. The summed E-state index contributed by atoms with van der Waals surface area (Å²) in [5.74, 6) is 1.17. The number of hydrogen-bond acceptors (Lipinski definition) is 3. The maximum absolute atomic E-state index is 12.6. The van der Waals surface area contributed by atoms with Gasteiger partial charge in [0.1, 0.15) is 0 Å². The largest absolute Gasteiger partial charge is 0.369 e. The quantitative estimate of drug-likeness (QED) is 0.830. The summed E-state index contributed by atoms with van der Waals surface area (Å²) in [4.78, 5) is 14.6. The summed E-state index contributed by atoms with van der Waals surface area (Å²) in [5.41, 5.74) is 5.49. The topological polar surface area (TPSA) is 55.6 Å². The summed E-state index contributed by atoms with van der Waals surface area (Å²) in [5, 5.41) is 0. The zero-order valence-electron chi connectivity index (χ0n) is 12.5. The molecule has 1 amide bonds. The summed E-state index contributed by atoms with van der Waals surface area (Å²) < 4.78 is 5.87. The lowest BCUT2D eigenvalue weighted by molar-refractivity contribution is -0.162. The number of carbonyl (C=O) groups excluding carboxylic acids is 1. The fourth-order valence-corrected chi connectivity index (χ4v) is 3.52. The molecule has 1 aliphatic carbocycles. The van der Waals surface area contributed by atoms with Gasteiger partial charge in [0.2, 0.25) is 5.91 Å². The number of carbonyl (C=O) groups is 1. The zero-order chi connectivity index (χ0) is 14.0. The molecule has 4 heteroatoms. The fraction of sp³-hybridized carbons (Fsp3) is 0.933. The van der Waals surface area contributed by atoms with Gasteiger partial charge in [0.05, 0.1) is 11.7 Å². The van der Waals surface area contributed by atoms with Crippen molar-refractivity contribution in [2.24, 2.45) is 17.6 Å². The SMILES string of the molecule is CC1CN(C(=O)C2CCC(CN)CC2)CC(C)(C)O1. The molecule has 1 atom stereocenters. The van der Waals surface area contributed by atoms with Gasteiger partial charge in [-0.25, -0.2) is 0 Å². The lowest BCUT2D eigenvalue weighted by Gasteiger charge is -2.43. The number of ether oxygens (including phenoxy) is 1. The molecule has 19 heavy (non-hydrogen) atoms. The third-order valence-corrected chi connectivity index (χ3v) is 4.41. The van der Waals surface area contributed by atoms with Crippen LogP contribution in [0.5, 0.6) is 0 Å². The minimum atomic E-state index is -0.220. The standard InChI is InChI=1S/C15H28N2O2/c1-11-9-17(10-15(2,3)19-11)14(18)13-6-4-12(8-16)5-7-13/h11-13H,4-10,16H2,1-3H3. The molecule has 1 heterocycles. The third-order valence-electron chi connectivity index (χ3n) is 4.41. The van der Waals surface area contributed by atoms with Gasteiger partial charge in [-0.2, -0.15) is 0 Å². The molecule has 2 aliphatic rings. The van der Waals surface area contributed by atoms with Crippen molar-refractivity contribution in [3.63, 3.8) is 0 Å². The molecular weight excluding hydrogens is 240 g/mol. The van der Waals surface area contributed by atoms with Crippen LogP contribution in [0.15, 0.2) is 0 Å². The Morgan fingerprint density at radius 3 is 2.47 bits per heavy atom. The minimum Gasteiger partial charge on any atom is -0.369 e. The number of hydrogen-bond donors (Lipinski definition) is 1. The first-order valence-electron chi connectivity index (χ1n) is 7.58. The van der Waals surface area contributed by atoms with Crippen molar-refractivity contribution in [2.75, 3.05) is 19.6 Å². The Morgan fingerprint density at radius 1 is 1.32 bits per heavy atom. The van der Waals surface area contributed by atoms with Gasteiger partial charge >= 0.3 is 0 Å². The molecule has 1 aliphatic heterocycles. The lowest BCUT2D eigenvalue weighted by atomic mass is 9.81. The van der Waals surface area contributed by atoms with Crippen LogP contribution in [0.1, 0.15) is 46.5 Å². The van der Waals surface area contributed by atoms with Gasteiger partial charge in [-0.3, -0.25) is 4.79 Å². The lowest BCUT2D eigenvalue weighted by Crippen LogP contribution is -2.55. The van der Waals surface area contributed by atoms with Crippen LogP contribution in [-0.4, -0.2) is 42.1 Å². The van der Waals surface area contributed by atoms with E-state index in [1.807, 2.05) is 11.8 Å². The number of morpholine rings is 1. The van der Waals surface area contributed by atoms with E-state index in [1.54, 1.807) is 0 Å². The number of rotatable bonds is 2. The minimum absolute atomic E-state index is 0.132. The molecule has 2 rings (SSSR count). The second-order valence-corrected chi connectivity index (χ2v) is 6.86. The smallest absolute Gasteiger partial charge is 0.225 e. The molecule has 0 aromatic heterocycles. The van der Waals surface area contributed by atoms with Crippen molar-refractivity contribution < 1.29 is 9.53 Å². The highest BCUT2D eigenvalue weighted by atomic mass is 16.5. The van der Waals surface area contributed by atoms with E-state index in [9.17, 15) is 4.79 Å². The predicted octanol–water partition coefficient (Wildman–Crippen LogP) is 1.78. The Morgan fingerprint density at radius 2 is 1.95 bits per heavy atom. The molecule has 0 bridgehead atoms. The van der Waals surface area contributed by atoms with Crippen LogP contribution < -0.4 is 5.73 Å². The number of nitrogens with zero attached hydrogens (tertiary/aromatic N) is 1. The fourth-order valence-electron chi connectivity index (χ4n) is 3.52. The molecule has 1 saturated carbocycles. The van der Waals surface area contributed by atoms with Crippen molar-refractivity contribution in [3.8, 4) is 0 Å². The molecule has 2 fully saturated rings. The first-order chi connectivity index (χ1) is 8.91. The van der Waals surface area contributed by atoms with Gasteiger partial charge < -0.3 is 15.4 Å². The van der Waals surface area contributed by atoms with Crippen LogP contribution in [0.2, 0.25) is 0 Å². The molecular formula is C15H28N2O2. The molecule has 0 aromatic rings. The maximum Gasteiger partial charge on any atom is 0.225 e. The van der Waals surface area contributed by atoms with Crippen LogP contribution in [-0.2, 0) is 9.53 Å². The van der Waals surface area contributed by atoms with E-state index in [1.165, 1.54) is 0 Å². The predicted molar refractivity (Wildman–Crippen MR) is 75.7 cm³/mol. The normalized spacial score (nSPS) is 35.2. The van der Waals surface area contributed by atoms with E-state index in [-0.39, 0.29) is 17.6 Å². The average molecular weight is 268 g/mol. The highest BCUT2D eigenvalue weighted by molar-refractivity contribution is 5.79. The summed E-state index contributed by atoms with van der Waals surface area (Å²) in [7, 11) is 0. The molecule has 110 valence electrons. The van der Waals surface area contributed by atoms with Gasteiger partial charge in [0.25, 0.3) is 0 Å². The van der Waals surface area contributed by atoms with Gasteiger partial charge in [-0.05, 0) is 58.9 Å². The maximum atomic E-state index is 12.6. The van der Waals surface area contributed by atoms with E-state index in [2.05, 4.69) is 13.8 Å². The Hall–Kier alpha value is -0.610. The Labute approximate surface area is 116 Å². The monoisotopic (exact) mass is 268 g/mol. The van der Waals surface area contributed by atoms with Gasteiger partial charge in [-0.15, -0.1) is 0 Å². The summed E-state index contributed by atoms with van der Waals surface area (Å²) in [6.07, 6.45) is 4.36. The van der Waals surface area contributed by atoms with Crippen LogP contribution >= 0.6 is 0 Å². The molecule has 1 unspecified atom stereocenters. The van der Waals surface area contributed by atoms with E-state index in [0.717, 1.165) is 38.8 Å². The Balaban J connectivity index is 1.92. The van der Waals surface area contributed by atoms with Gasteiger partial charge in [0, 0.05) is 19.0 Å². The van der Waals surface area contributed by atoms with Crippen LogP contribution in [0.4, 0.5) is 0 Å². The van der Waals surface area contributed by atoms with E-state index in [4.69, 9.17) is 10.5 Å². The first-order valence-corrected chi connectivity index (χ1v) is 7.58. The van der Waals surface area contributed by atoms with Crippen molar-refractivity contribution in [3.05, 3.63) is 0 Å². The summed E-state index contributed by atoms with van der Waals surface area (Å²) in [6.45, 7) is 8.39. The molecule has 0 radical (unpaired) electrons. The summed E-state index contributed by atoms with van der Waals surface area (Å²) >= 11 is 0. The Bertz CT molecular complexity index is 322. The van der Waals surface area contributed by atoms with E-state index in [0.29, 0.717) is 18.4 Å². The van der Waals surface area contributed by atoms with Crippen molar-refractivity contribution in [1.29, 1.82) is 0 Å². The van der Waals surface area contributed by atoms with Gasteiger partial charge in [-0.1, -0.05) is 0 Å². The molecule has 0 aromatic carbocycles. The van der Waals surface area contributed by atoms with Crippen molar-refractivity contribution in [2.45, 2.75) is 58.2 Å². The molecule has 1 saturated heterocycles. The second kappa shape index (κ2) is 5.80.